The van der Waals surface area contributed by atoms with Gasteiger partial charge >= 0.3 is 5.97 Å². The quantitative estimate of drug-likeness (QED) is 0.334. The highest BCUT2D eigenvalue weighted by molar-refractivity contribution is 6.33. The number of anilines is 1. The van der Waals surface area contributed by atoms with Crippen molar-refractivity contribution in [2.45, 2.75) is 44.6 Å². The van der Waals surface area contributed by atoms with Gasteiger partial charge in [0.15, 0.2) is 0 Å². The molecule has 0 saturated carbocycles. The molecule has 0 aliphatic heterocycles. The average Bonchev–Trinajstić information content (AvgIpc) is 2.63. The summed E-state index contributed by atoms with van der Waals surface area (Å²) in [6, 6.07) is 2.62. The van der Waals surface area contributed by atoms with Gasteiger partial charge in [0.2, 0.25) is 5.91 Å². The molecule has 1 amide bonds. The van der Waals surface area contributed by atoms with Crippen LogP contribution < -0.4 is 10.6 Å². The Morgan fingerprint density at radius 3 is 2.74 bits per heavy atom. The number of halogens is 1. The second-order valence-corrected chi connectivity index (χ2v) is 6.78. The summed E-state index contributed by atoms with van der Waals surface area (Å²) >= 11 is 5.94. The Kier molecular flexibility index (Phi) is 7.75. The van der Waals surface area contributed by atoms with Crippen LogP contribution in [-0.4, -0.2) is 34.5 Å². The highest BCUT2D eigenvalue weighted by atomic mass is 35.5. The third-order valence-corrected chi connectivity index (χ3v) is 4.67. The van der Waals surface area contributed by atoms with Gasteiger partial charge < -0.3 is 15.7 Å². The van der Waals surface area contributed by atoms with Crippen molar-refractivity contribution in [3.05, 3.63) is 45.0 Å². The maximum Gasteiger partial charge on any atom is 0.321 e. The lowest BCUT2D eigenvalue weighted by atomic mass is 9.97. The largest absolute Gasteiger partial charge is 0.480 e. The third-order valence-electron chi connectivity index (χ3n) is 4.34. The van der Waals surface area contributed by atoms with Crippen molar-refractivity contribution < 1.29 is 19.6 Å². The van der Waals surface area contributed by atoms with E-state index in [4.69, 9.17) is 11.6 Å². The van der Waals surface area contributed by atoms with Gasteiger partial charge in [-0.2, -0.15) is 0 Å². The molecule has 0 radical (unpaired) electrons. The molecule has 1 aliphatic rings. The van der Waals surface area contributed by atoms with E-state index in [1.807, 2.05) is 0 Å². The number of hydrogen-bond donors (Lipinski definition) is 3. The Hall–Kier alpha value is -2.45. The zero-order valence-electron chi connectivity index (χ0n) is 14.7. The first kappa shape index (κ1) is 20.9. The highest BCUT2D eigenvalue weighted by Gasteiger charge is 2.22. The zero-order valence-corrected chi connectivity index (χ0v) is 15.5. The number of carboxylic acids is 1. The molecule has 0 heterocycles. The number of nitrogens with zero attached hydrogens (tertiary/aromatic N) is 1. The number of carbonyl (C=O) groups is 2. The Balaban J connectivity index is 1.90. The monoisotopic (exact) mass is 395 g/mol. The fourth-order valence-electron chi connectivity index (χ4n) is 2.89. The predicted molar refractivity (Wildman–Crippen MR) is 102 cm³/mol. The van der Waals surface area contributed by atoms with Crippen LogP contribution in [0.5, 0.6) is 0 Å². The molecule has 146 valence electrons. The van der Waals surface area contributed by atoms with Crippen LogP contribution in [0.25, 0.3) is 0 Å². The van der Waals surface area contributed by atoms with Crippen LogP contribution in [0.15, 0.2) is 29.8 Å². The van der Waals surface area contributed by atoms with Crippen LogP contribution in [0, 0.1) is 10.1 Å². The van der Waals surface area contributed by atoms with E-state index in [2.05, 4.69) is 16.7 Å². The van der Waals surface area contributed by atoms with Gasteiger partial charge in [0, 0.05) is 12.1 Å². The Morgan fingerprint density at radius 1 is 1.33 bits per heavy atom. The van der Waals surface area contributed by atoms with E-state index in [-0.39, 0.29) is 22.8 Å². The van der Waals surface area contributed by atoms with Crippen molar-refractivity contribution in [2.75, 3.05) is 11.9 Å². The summed E-state index contributed by atoms with van der Waals surface area (Å²) in [4.78, 5) is 33.8. The number of benzene rings is 1. The summed E-state index contributed by atoms with van der Waals surface area (Å²) in [7, 11) is 0. The molecule has 1 unspecified atom stereocenters. The average molecular weight is 396 g/mol. The van der Waals surface area contributed by atoms with Gasteiger partial charge in [-0.3, -0.25) is 19.7 Å². The van der Waals surface area contributed by atoms with Gasteiger partial charge in [-0.15, -0.1) is 0 Å². The van der Waals surface area contributed by atoms with Crippen LogP contribution in [0.1, 0.15) is 38.5 Å². The van der Waals surface area contributed by atoms with E-state index in [0.29, 0.717) is 6.54 Å². The van der Waals surface area contributed by atoms with Crippen LogP contribution in [0.3, 0.4) is 0 Å². The van der Waals surface area contributed by atoms with E-state index >= 15 is 0 Å². The lowest BCUT2D eigenvalue weighted by molar-refractivity contribution is -0.384. The minimum atomic E-state index is -1.13. The van der Waals surface area contributed by atoms with Crippen molar-refractivity contribution in [1.29, 1.82) is 0 Å². The van der Waals surface area contributed by atoms with Gasteiger partial charge in [-0.1, -0.05) is 23.3 Å². The number of nitro groups is 1. The van der Waals surface area contributed by atoms with E-state index in [1.165, 1.54) is 24.1 Å². The molecule has 0 aromatic heterocycles. The first-order chi connectivity index (χ1) is 12.9. The molecule has 1 atom stereocenters. The highest BCUT2D eigenvalue weighted by Crippen LogP contribution is 2.27. The first-order valence-corrected chi connectivity index (χ1v) is 9.12. The van der Waals surface area contributed by atoms with Gasteiger partial charge in [-0.25, -0.2) is 0 Å². The fraction of sp³-hybridized carbons (Fsp3) is 0.444. The molecule has 1 aromatic carbocycles. The minimum Gasteiger partial charge on any atom is -0.480 e. The lowest BCUT2D eigenvalue weighted by Crippen LogP contribution is -2.40. The molecule has 9 heteroatoms. The van der Waals surface area contributed by atoms with Gasteiger partial charge in [0.25, 0.3) is 5.69 Å². The molecular weight excluding hydrogens is 374 g/mol. The van der Waals surface area contributed by atoms with Crippen LogP contribution in [0.2, 0.25) is 5.02 Å². The van der Waals surface area contributed by atoms with Crippen LogP contribution in [-0.2, 0) is 9.59 Å². The molecule has 1 aromatic rings. The zero-order chi connectivity index (χ0) is 19.8. The smallest absolute Gasteiger partial charge is 0.321 e. The van der Waals surface area contributed by atoms with Gasteiger partial charge in [0.1, 0.15) is 6.04 Å². The summed E-state index contributed by atoms with van der Waals surface area (Å²) in [6.45, 7) is 0.466. The molecule has 0 spiro atoms. The summed E-state index contributed by atoms with van der Waals surface area (Å²) in [5.41, 5.74) is 1.17. The van der Waals surface area contributed by atoms with E-state index in [1.54, 1.807) is 0 Å². The summed E-state index contributed by atoms with van der Waals surface area (Å²) in [6.07, 6.45) is 7.07. The molecular formula is C18H22ClN3O5. The van der Waals surface area contributed by atoms with Crippen molar-refractivity contribution in [1.82, 2.24) is 5.32 Å². The minimum absolute atomic E-state index is 0.0763. The number of carboxylic acid groups (broad SMARTS) is 1. The number of aliphatic carboxylic acids is 1. The fourth-order valence-corrected chi connectivity index (χ4v) is 3.06. The standard InChI is InChI=1S/C18H22ClN3O5/c19-14-7-6-13(22(26)27)10-15(14)21-17(23)11-16(18(24)25)20-9-8-12-4-2-1-3-5-12/h4,6-7,10,16,20H,1-3,5,8-9,11H2,(H,21,23)(H,24,25). The topological polar surface area (TPSA) is 122 Å². The van der Waals surface area contributed by atoms with Gasteiger partial charge in [-0.05, 0) is 44.7 Å². The number of amides is 1. The molecule has 1 aliphatic carbocycles. The van der Waals surface area contributed by atoms with Gasteiger partial charge in [0.05, 0.1) is 22.1 Å². The summed E-state index contributed by atoms with van der Waals surface area (Å²) in [5, 5.41) is 25.6. The second-order valence-electron chi connectivity index (χ2n) is 6.38. The molecule has 0 fully saturated rings. The number of nitro benzene ring substituents is 1. The SMILES string of the molecule is O=C(CC(NCCC1=CCCCC1)C(=O)O)Nc1cc([N+](=O)[O-])ccc1Cl. The number of allylic oxidation sites excluding steroid dienone is 1. The number of rotatable bonds is 9. The maximum atomic E-state index is 12.2. The second kappa shape index (κ2) is 10.0. The molecule has 0 saturated heterocycles. The Bertz CT molecular complexity index is 751. The molecule has 27 heavy (non-hydrogen) atoms. The molecule has 0 bridgehead atoms. The molecule has 3 N–H and O–H groups in total. The summed E-state index contributed by atoms with van der Waals surface area (Å²) in [5.74, 6) is -1.72. The Labute approximate surface area is 161 Å². The van der Waals surface area contributed by atoms with E-state index in [0.717, 1.165) is 31.7 Å². The normalized spacial score (nSPS) is 14.9. The number of non-ortho nitro benzene ring substituents is 1. The number of carbonyl (C=O) groups excluding carboxylic acids is 1. The third kappa shape index (κ3) is 6.65. The van der Waals surface area contributed by atoms with Crippen molar-refractivity contribution in [3.8, 4) is 0 Å². The number of hydrogen-bond acceptors (Lipinski definition) is 5. The van der Waals surface area contributed by atoms with E-state index in [9.17, 15) is 24.8 Å². The van der Waals surface area contributed by atoms with E-state index < -0.39 is 22.8 Å². The van der Waals surface area contributed by atoms with Crippen LogP contribution >= 0.6 is 11.6 Å². The number of nitrogens with one attached hydrogen (secondary N) is 2. The maximum absolute atomic E-state index is 12.2. The molecule has 8 nitrogen and oxygen atoms in total. The van der Waals surface area contributed by atoms with Crippen LogP contribution in [0.4, 0.5) is 11.4 Å². The Morgan fingerprint density at radius 2 is 2.11 bits per heavy atom. The molecule has 2 rings (SSSR count). The van der Waals surface area contributed by atoms with Crippen molar-refractivity contribution in [2.24, 2.45) is 0 Å². The predicted octanol–water partition coefficient (Wildman–Crippen LogP) is 3.51. The van der Waals surface area contributed by atoms with Crippen molar-refractivity contribution in [3.63, 3.8) is 0 Å². The van der Waals surface area contributed by atoms with Crippen molar-refractivity contribution >= 4 is 34.9 Å². The lowest BCUT2D eigenvalue weighted by Gasteiger charge is -2.17. The summed E-state index contributed by atoms with van der Waals surface area (Å²) < 4.78 is 0. The first-order valence-electron chi connectivity index (χ1n) is 8.74.